The second-order valence-corrected chi connectivity index (χ2v) is 8.57. The smallest absolute Gasteiger partial charge is 0.326 e. The van der Waals surface area contributed by atoms with Gasteiger partial charge >= 0.3 is 11.9 Å². The molecule has 13 nitrogen and oxygen atoms in total. The number of nitrogens with two attached hydrogens (primary N) is 1. The third kappa shape index (κ3) is 9.50. The zero-order valence-electron chi connectivity index (χ0n) is 20.3. The fraction of sp³-hybridized carbons (Fsp3) is 0.522. The maximum Gasteiger partial charge on any atom is 0.326 e. The van der Waals surface area contributed by atoms with Crippen molar-refractivity contribution in [3.8, 4) is 5.75 Å². The highest BCUT2D eigenvalue weighted by molar-refractivity contribution is 5.95. The summed E-state index contributed by atoms with van der Waals surface area (Å²) in [5.41, 5.74) is 6.52. The molecule has 0 aromatic heterocycles. The highest BCUT2D eigenvalue weighted by atomic mass is 16.4. The lowest BCUT2D eigenvalue weighted by Crippen LogP contribution is -2.60. The maximum atomic E-state index is 12.8. The molecule has 1 aromatic carbocycles. The lowest BCUT2D eigenvalue weighted by atomic mass is 9.98. The van der Waals surface area contributed by atoms with E-state index < -0.39 is 72.3 Å². The van der Waals surface area contributed by atoms with Crippen molar-refractivity contribution in [2.75, 3.05) is 0 Å². The predicted octanol–water partition coefficient (Wildman–Crippen LogP) is -1.30. The third-order valence-corrected chi connectivity index (χ3v) is 5.58. The topological polar surface area (TPSA) is 228 Å². The van der Waals surface area contributed by atoms with Crippen LogP contribution in [-0.4, -0.2) is 80.4 Å². The number of carbonyl (C=O) groups is 5. The summed E-state index contributed by atoms with van der Waals surface area (Å²) in [5.74, 6) is -6.13. The van der Waals surface area contributed by atoms with Crippen LogP contribution in [0.5, 0.6) is 5.75 Å². The molecule has 200 valence electrons. The van der Waals surface area contributed by atoms with Gasteiger partial charge in [0.1, 0.15) is 23.9 Å². The van der Waals surface area contributed by atoms with E-state index in [2.05, 4.69) is 16.0 Å². The molecule has 1 rings (SSSR count). The number of rotatable bonds is 14. The molecule has 0 aliphatic heterocycles. The Hall–Kier alpha value is -3.71. The van der Waals surface area contributed by atoms with Gasteiger partial charge in [-0.1, -0.05) is 32.4 Å². The highest BCUT2D eigenvalue weighted by Gasteiger charge is 2.34. The molecule has 3 amide bonds. The molecule has 0 fully saturated rings. The molecular weight excluding hydrogens is 476 g/mol. The Morgan fingerprint density at radius 3 is 1.92 bits per heavy atom. The lowest BCUT2D eigenvalue weighted by Gasteiger charge is -2.27. The van der Waals surface area contributed by atoms with Gasteiger partial charge in [0.25, 0.3) is 0 Å². The Labute approximate surface area is 208 Å². The first-order valence-electron chi connectivity index (χ1n) is 11.3. The van der Waals surface area contributed by atoms with Crippen LogP contribution in [0.2, 0.25) is 0 Å². The van der Waals surface area contributed by atoms with E-state index >= 15 is 0 Å². The number of benzene rings is 1. The molecule has 0 spiro atoms. The zero-order chi connectivity index (χ0) is 27.6. The monoisotopic (exact) mass is 510 g/mol. The number of carboxylic acid groups (broad SMARTS) is 2. The Kier molecular flexibility index (Phi) is 11.8. The molecule has 0 aliphatic rings. The van der Waals surface area contributed by atoms with Gasteiger partial charge in [-0.05, 0) is 37.0 Å². The fourth-order valence-corrected chi connectivity index (χ4v) is 3.23. The SMILES string of the molecule is CCC(C)C(NC(=O)C(CC(=O)O)NC(=O)C(NC(=O)C(N)Cc1ccc(O)cc1)C(C)O)C(=O)O. The number of hydrogen-bond donors (Lipinski definition) is 8. The van der Waals surface area contributed by atoms with E-state index in [1.807, 2.05) is 0 Å². The van der Waals surface area contributed by atoms with Crippen LogP contribution in [0.15, 0.2) is 24.3 Å². The molecular formula is C23H34N4O9. The largest absolute Gasteiger partial charge is 0.508 e. The summed E-state index contributed by atoms with van der Waals surface area (Å²) in [7, 11) is 0. The van der Waals surface area contributed by atoms with Gasteiger partial charge < -0.3 is 42.1 Å². The van der Waals surface area contributed by atoms with E-state index in [-0.39, 0.29) is 12.2 Å². The first-order chi connectivity index (χ1) is 16.8. The number of amides is 3. The van der Waals surface area contributed by atoms with Crippen LogP contribution in [0.1, 0.15) is 39.2 Å². The minimum atomic E-state index is -1.68. The van der Waals surface area contributed by atoms with Crippen LogP contribution < -0.4 is 21.7 Å². The second-order valence-electron chi connectivity index (χ2n) is 8.57. The quantitative estimate of drug-likeness (QED) is 0.147. The molecule has 0 saturated carbocycles. The molecule has 0 saturated heterocycles. The Morgan fingerprint density at radius 2 is 1.44 bits per heavy atom. The maximum absolute atomic E-state index is 12.8. The number of carbonyl (C=O) groups excluding carboxylic acids is 3. The molecule has 6 unspecified atom stereocenters. The summed E-state index contributed by atoms with van der Waals surface area (Å²) in [6, 6.07) is 0.225. The minimum Gasteiger partial charge on any atom is -0.508 e. The second kappa shape index (κ2) is 14.0. The number of aliphatic hydroxyl groups is 1. The van der Waals surface area contributed by atoms with Gasteiger partial charge in [-0.2, -0.15) is 0 Å². The molecule has 1 aromatic rings. The molecule has 13 heteroatoms. The first kappa shape index (κ1) is 30.3. The van der Waals surface area contributed by atoms with Crippen molar-refractivity contribution in [3.05, 3.63) is 29.8 Å². The van der Waals surface area contributed by atoms with Crippen molar-refractivity contribution in [1.82, 2.24) is 16.0 Å². The number of hydrogen-bond acceptors (Lipinski definition) is 8. The molecule has 0 aliphatic carbocycles. The molecule has 0 bridgehead atoms. The van der Waals surface area contributed by atoms with E-state index in [9.17, 15) is 39.3 Å². The standard InChI is InChI=1S/C23H34N4O9/c1-4-11(2)18(23(35)36)26-21(33)16(10-17(30)31)25-22(34)19(12(3)28)27-20(32)15(24)9-13-5-7-14(29)8-6-13/h5-8,11-12,15-16,18-19,28-29H,4,9-10,24H2,1-3H3,(H,25,34)(H,26,33)(H,27,32)(H,30,31)(H,35,36). The van der Waals surface area contributed by atoms with Crippen LogP contribution in [0.4, 0.5) is 0 Å². The summed E-state index contributed by atoms with van der Waals surface area (Å²) in [6.45, 7) is 4.50. The summed E-state index contributed by atoms with van der Waals surface area (Å²) >= 11 is 0. The van der Waals surface area contributed by atoms with Gasteiger partial charge in [0, 0.05) is 0 Å². The Balaban J connectivity index is 2.95. The van der Waals surface area contributed by atoms with E-state index in [4.69, 9.17) is 10.8 Å². The summed E-state index contributed by atoms with van der Waals surface area (Å²) in [4.78, 5) is 60.8. The van der Waals surface area contributed by atoms with Crippen LogP contribution in [0.25, 0.3) is 0 Å². The van der Waals surface area contributed by atoms with Crippen LogP contribution >= 0.6 is 0 Å². The molecule has 0 radical (unpaired) electrons. The molecule has 9 N–H and O–H groups in total. The first-order valence-corrected chi connectivity index (χ1v) is 11.3. The average molecular weight is 511 g/mol. The summed E-state index contributed by atoms with van der Waals surface area (Å²) < 4.78 is 0. The highest BCUT2D eigenvalue weighted by Crippen LogP contribution is 2.11. The zero-order valence-corrected chi connectivity index (χ0v) is 20.3. The van der Waals surface area contributed by atoms with Gasteiger partial charge in [-0.3, -0.25) is 19.2 Å². The normalized spacial score (nSPS) is 15.9. The van der Waals surface area contributed by atoms with Crippen LogP contribution in [-0.2, 0) is 30.4 Å². The number of phenolic OH excluding ortho intramolecular Hbond substituents is 1. The van der Waals surface area contributed by atoms with Gasteiger partial charge in [0.15, 0.2) is 0 Å². The molecule has 6 atom stereocenters. The van der Waals surface area contributed by atoms with Crippen molar-refractivity contribution in [2.24, 2.45) is 11.7 Å². The third-order valence-electron chi connectivity index (χ3n) is 5.58. The van der Waals surface area contributed by atoms with Crippen molar-refractivity contribution >= 4 is 29.7 Å². The van der Waals surface area contributed by atoms with E-state index in [1.165, 1.54) is 19.1 Å². The van der Waals surface area contributed by atoms with Gasteiger partial charge in [-0.25, -0.2) is 4.79 Å². The van der Waals surface area contributed by atoms with E-state index in [0.717, 1.165) is 0 Å². The molecule has 0 heterocycles. The number of phenols is 1. The number of aromatic hydroxyl groups is 1. The van der Waals surface area contributed by atoms with Gasteiger partial charge in [0.05, 0.1) is 18.6 Å². The number of aliphatic carboxylic acids is 2. The summed E-state index contributed by atoms with van der Waals surface area (Å²) in [6.07, 6.45) is -1.86. The lowest BCUT2D eigenvalue weighted by molar-refractivity contribution is -0.145. The Bertz CT molecular complexity index is 936. The number of aliphatic hydroxyl groups excluding tert-OH is 1. The van der Waals surface area contributed by atoms with Crippen molar-refractivity contribution < 1.29 is 44.4 Å². The predicted molar refractivity (Wildman–Crippen MR) is 127 cm³/mol. The number of nitrogens with one attached hydrogen (secondary N) is 3. The molecule has 36 heavy (non-hydrogen) atoms. The average Bonchev–Trinajstić information content (AvgIpc) is 2.80. The van der Waals surface area contributed by atoms with E-state index in [1.54, 1.807) is 26.0 Å². The number of carboxylic acids is 2. The van der Waals surface area contributed by atoms with E-state index in [0.29, 0.717) is 12.0 Å². The van der Waals surface area contributed by atoms with Crippen molar-refractivity contribution in [1.29, 1.82) is 0 Å². The van der Waals surface area contributed by atoms with Crippen molar-refractivity contribution in [2.45, 2.75) is 70.3 Å². The summed E-state index contributed by atoms with van der Waals surface area (Å²) in [5, 5.41) is 44.6. The van der Waals surface area contributed by atoms with Gasteiger partial charge in [0.2, 0.25) is 17.7 Å². The van der Waals surface area contributed by atoms with Crippen molar-refractivity contribution in [3.63, 3.8) is 0 Å². The minimum absolute atomic E-state index is 0.0291. The fourth-order valence-electron chi connectivity index (χ4n) is 3.23. The van der Waals surface area contributed by atoms with Crippen LogP contribution in [0.3, 0.4) is 0 Å². The van der Waals surface area contributed by atoms with Gasteiger partial charge in [-0.15, -0.1) is 0 Å². The van der Waals surface area contributed by atoms with Crippen LogP contribution in [0, 0.1) is 5.92 Å². The Morgan fingerprint density at radius 1 is 0.889 bits per heavy atom.